The topological polar surface area (TPSA) is 53.0 Å². The Morgan fingerprint density at radius 3 is 2.75 bits per heavy atom. The van der Waals surface area contributed by atoms with E-state index in [1.54, 1.807) is 19.0 Å². The van der Waals surface area contributed by atoms with Crippen LogP contribution < -0.4 is 0 Å². The number of carbonyl (C=O) groups excluding carboxylic acids is 1. The molecule has 5 nitrogen and oxygen atoms in total. The zero-order valence-electron chi connectivity index (χ0n) is 10.5. The van der Waals surface area contributed by atoms with Crippen molar-refractivity contribution in [2.75, 3.05) is 33.9 Å². The Hall–Kier alpha value is -0.650. The van der Waals surface area contributed by atoms with Crippen molar-refractivity contribution in [2.24, 2.45) is 0 Å². The Bertz CT molecular complexity index is 245. The van der Waals surface area contributed by atoms with Crippen LogP contribution in [0.5, 0.6) is 0 Å². The van der Waals surface area contributed by atoms with Gasteiger partial charge in [0.15, 0.2) is 0 Å². The van der Waals surface area contributed by atoms with E-state index in [4.69, 9.17) is 9.84 Å². The van der Waals surface area contributed by atoms with E-state index in [0.717, 1.165) is 0 Å². The molecule has 1 aliphatic heterocycles. The van der Waals surface area contributed by atoms with Gasteiger partial charge in [0.25, 0.3) is 0 Å². The molecule has 0 saturated carbocycles. The second kappa shape index (κ2) is 5.61. The van der Waals surface area contributed by atoms with Crippen LogP contribution in [-0.4, -0.2) is 72.9 Å². The van der Waals surface area contributed by atoms with Crippen LogP contribution in [0.4, 0.5) is 0 Å². The van der Waals surface area contributed by atoms with Crippen LogP contribution in [0.25, 0.3) is 0 Å². The number of ether oxygens (including phenoxy) is 1. The number of likely N-dealkylation sites (N-methyl/N-ethyl adjacent to an activating group) is 1. The van der Waals surface area contributed by atoms with Gasteiger partial charge >= 0.3 is 0 Å². The lowest BCUT2D eigenvalue weighted by Crippen LogP contribution is -2.56. The normalized spacial score (nSPS) is 28.8. The molecule has 1 amide bonds. The van der Waals surface area contributed by atoms with E-state index < -0.39 is 0 Å². The summed E-state index contributed by atoms with van der Waals surface area (Å²) in [6.07, 6.45) is -0.173. The predicted molar refractivity (Wildman–Crippen MR) is 61.1 cm³/mol. The van der Waals surface area contributed by atoms with Crippen molar-refractivity contribution in [3.63, 3.8) is 0 Å². The standard InChI is InChI=1S/C11H22N2O3/c1-8-7-16-10(6-14)5-13(8)9(2)11(15)12(3)4/h8-10,14H,5-7H2,1-4H3. The first-order chi connectivity index (χ1) is 7.47. The minimum Gasteiger partial charge on any atom is -0.394 e. The highest BCUT2D eigenvalue weighted by Gasteiger charge is 2.32. The van der Waals surface area contributed by atoms with Crippen molar-refractivity contribution in [2.45, 2.75) is 32.0 Å². The van der Waals surface area contributed by atoms with Crippen LogP contribution in [-0.2, 0) is 9.53 Å². The largest absolute Gasteiger partial charge is 0.394 e. The maximum Gasteiger partial charge on any atom is 0.239 e. The van der Waals surface area contributed by atoms with Gasteiger partial charge in [-0.1, -0.05) is 0 Å². The maximum atomic E-state index is 11.9. The lowest BCUT2D eigenvalue weighted by atomic mass is 10.1. The molecule has 1 fully saturated rings. The van der Waals surface area contributed by atoms with Crippen LogP contribution in [0.15, 0.2) is 0 Å². The molecule has 0 aromatic carbocycles. The van der Waals surface area contributed by atoms with Crippen molar-refractivity contribution in [1.29, 1.82) is 0 Å². The van der Waals surface area contributed by atoms with Crippen molar-refractivity contribution < 1.29 is 14.6 Å². The summed E-state index contributed by atoms with van der Waals surface area (Å²) >= 11 is 0. The van der Waals surface area contributed by atoms with Crippen molar-refractivity contribution in [3.8, 4) is 0 Å². The number of aliphatic hydroxyl groups is 1. The fraction of sp³-hybridized carbons (Fsp3) is 0.909. The number of aliphatic hydroxyl groups excluding tert-OH is 1. The van der Waals surface area contributed by atoms with Crippen LogP contribution in [0.3, 0.4) is 0 Å². The highest BCUT2D eigenvalue weighted by Crippen LogP contribution is 2.15. The summed E-state index contributed by atoms with van der Waals surface area (Å²) in [5.74, 6) is 0.0884. The fourth-order valence-corrected chi connectivity index (χ4v) is 2.00. The van der Waals surface area contributed by atoms with E-state index in [0.29, 0.717) is 13.2 Å². The van der Waals surface area contributed by atoms with Crippen LogP contribution in [0.1, 0.15) is 13.8 Å². The molecule has 1 heterocycles. The van der Waals surface area contributed by atoms with E-state index in [9.17, 15) is 4.79 Å². The molecule has 1 saturated heterocycles. The number of nitrogens with zero attached hydrogens (tertiary/aromatic N) is 2. The first kappa shape index (κ1) is 13.4. The van der Waals surface area contributed by atoms with Crippen LogP contribution in [0, 0.1) is 0 Å². The van der Waals surface area contributed by atoms with E-state index in [-0.39, 0.29) is 30.7 Å². The summed E-state index contributed by atoms with van der Waals surface area (Å²) < 4.78 is 5.44. The Morgan fingerprint density at radius 2 is 2.25 bits per heavy atom. The van der Waals surface area contributed by atoms with Gasteiger partial charge in [0.05, 0.1) is 25.4 Å². The van der Waals surface area contributed by atoms with Gasteiger partial charge < -0.3 is 14.7 Å². The van der Waals surface area contributed by atoms with Gasteiger partial charge in [-0.3, -0.25) is 9.69 Å². The van der Waals surface area contributed by atoms with Gasteiger partial charge in [0.2, 0.25) is 5.91 Å². The Balaban J connectivity index is 2.65. The molecule has 3 unspecified atom stereocenters. The van der Waals surface area contributed by atoms with Crippen molar-refractivity contribution in [3.05, 3.63) is 0 Å². The number of carbonyl (C=O) groups is 1. The Morgan fingerprint density at radius 1 is 1.62 bits per heavy atom. The summed E-state index contributed by atoms with van der Waals surface area (Å²) in [7, 11) is 3.51. The third kappa shape index (κ3) is 2.93. The zero-order chi connectivity index (χ0) is 12.3. The molecule has 0 radical (unpaired) electrons. The van der Waals surface area contributed by atoms with Crippen molar-refractivity contribution >= 4 is 5.91 Å². The molecule has 0 aromatic heterocycles. The van der Waals surface area contributed by atoms with Gasteiger partial charge in [0, 0.05) is 26.7 Å². The summed E-state index contributed by atoms with van der Waals surface area (Å²) in [5, 5.41) is 9.08. The molecule has 0 aliphatic carbocycles. The zero-order valence-corrected chi connectivity index (χ0v) is 10.5. The van der Waals surface area contributed by atoms with Gasteiger partial charge in [-0.25, -0.2) is 0 Å². The van der Waals surface area contributed by atoms with Gasteiger partial charge in [-0.15, -0.1) is 0 Å². The lowest BCUT2D eigenvalue weighted by molar-refractivity contribution is -0.141. The van der Waals surface area contributed by atoms with Crippen LogP contribution in [0.2, 0.25) is 0 Å². The molecule has 5 heteroatoms. The average molecular weight is 230 g/mol. The van der Waals surface area contributed by atoms with E-state index in [1.807, 2.05) is 13.8 Å². The molecule has 1 aliphatic rings. The number of hydrogen-bond donors (Lipinski definition) is 1. The quantitative estimate of drug-likeness (QED) is 0.713. The first-order valence-corrected chi connectivity index (χ1v) is 5.66. The van der Waals surface area contributed by atoms with Gasteiger partial charge in [-0.2, -0.15) is 0 Å². The lowest BCUT2D eigenvalue weighted by Gasteiger charge is -2.41. The third-order valence-corrected chi connectivity index (χ3v) is 3.05. The molecule has 94 valence electrons. The van der Waals surface area contributed by atoms with Gasteiger partial charge in [0.1, 0.15) is 0 Å². The van der Waals surface area contributed by atoms with E-state index in [1.165, 1.54) is 0 Å². The van der Waals surface area contributed by atoms with Crippen molar-refractivity contribution in [1.82, 2.24) is 9.80 Å². The summed E-state index contributed by atoms with van der Waals surface area (Å²) in [6.45, 7) is 5.12. The highest BCUT2D eigenvalue weighted by molar-refractivity contribution is 5.81. The highest BCUT2D eigenvalue weighted by atomic mass is 16.5. The molecule has 1 rings (SSSR count). The molecule has 3 atom stereocenters. The second-order valence-corrected chi connectivity index (χ2v) is 4.59. The fourth-order valence-electron chi connectivity index (χ4n) is 2.00. The van der Waals surface area contributed by atoms with Gasteiger partial charge in [-0.05, 0) is 13.8 Å². The minimum absolute atomic E-state index is 0.00605. The summed E-state index contributed by atoms with van der Waals surface area (Å²) in [6, 6.07) is 0.0460. The average Bonchev–Trinajstić information content (AvgIpc) is 2.27. The first-order valence-electron chi connectivity index (χ1n) is 5.66. The SMILES string of the molecule is CC1COC(CO)CN1C(C)C(=O)N(C)C. The Labute approximate surface area is 97.0 Å². The maximum absolute atomic E-state index is 11.9. The summed E-state index contributed by atoms with van der Waals surface area (Å²) in [5.41, 5.74) is 0. The van der Waals surface area contributed by atoms with E-state index in [2.05, 4.69) is 4.90 Å². The second-order valence-electron chi connectivity index (χ2n) is 4.59. The van der Waals surface area contributed by atoms with E-state index >= 15 is 0 Å². The number of morpholine rings is 1. The third-order valence-electron chi connectivity index (χ3n) is 3.05. The molecular formula is C11H22N2O3. The molecular weight excluding hydrogens is 208 g/mol. The minimum atomic E-state index is -0.173. The monoisotopic (exact) mass is 230 g/mol. The number of amides is 1. The molecule has 0 bridgehead atoms. The number of rotatable bonds is 3. The smallest absolute Gasteiger partial charge is 0.239 e. The molecule has 1 N–H and O–H groups in total. The van der Waals surface area contributed by atoms with Crippen LogP contribution >= 0.6 is 0 Å². The number of hydrogen-bond acceptors (Lipinski definition) is 4. The molecule has 0 spiro atoms. The molecule has 16 heavy (non-hydrogen) atoms. The Kier molecular flexibility index (Phi) is 4.70. The molecule has 0 aromatic rings. The predicted octanol–water partition coefficient (Wildman–Crippen LogP) is -0.455. The summed E-state index contributed by atoms with van der Waals surface area (Å²) in [4.78, 5) is 15.6.